The van der Waals surface area contributed by atoms with Crippen LogP contribution in [-0.2, 0) is 4.74 Å². The molecule has 0 bridgehead atoms. The van der Waals surface area contributed by atoms with E-state index in [1.807, 2.05) is 18.2 Å². The molecule has 1 aliphatic rings. The van der Waals surface area contributed by atoms with Crippen molar-refractivity contribution in [3.63, 3.8) is 0 Å². The summed E-state index contributed by atoms with van der Waals surface area (Å²) in [6.45, 7) is 1.72. The van der Waals surface area contributed by atoms with Crippen LogP contribution in [0.3, 0.4) is 0 Å². The molecule has 1 saturated heterocycles. The molecule has 4 heteroatoms. The van der Waals surface area contributed by atoms with E-state index in [0.717, 1.165) is 31.8 Å². The van der Waals surface area contributed by atoms with Gasteiger partial charge in [0.1, 0.15) is 5.75 Å². The Morgan fingerprint density at radius 1 is 1.59 bits per heavy atom. The smallest absolute Gasteiger partial charge is 0.119 e. The van der Waals surface area contributed by atoms with Crippen molar-refractivity contribution in [3.05, 3.63) is 29.8 Å². The van der Waals surface area contributed by atoms with E-state index in [9.17, 15) is 0 Å². The second-order valence-corrected chi connectivity index (χ2v) is 4.46. The number of methoxy groups -OCH3 is 1. The molecule has 1 aliphatic heterocycles. The molecule has 1 aromatic carbocycles. The Morgan fingerprint density at radius 2 is 2.47 bits per heavy atom. The normalized spacial score (nSPS) is 21.4. The van der Waals surface area contributed by atoms with Gasteiger partial charge in [0.2, 0.25) is 0 Å². The first-order chi connectivity index (χ1) is 8.33. The van der Waals surface area contributed by atoms with Crippen LogP contribution < -0.4 is 16.0 Å². The van der Waals surface area contributed by atoms with Crippen molar-refractivity contribution in [2.24, 2.45) is 11.8 Å². The molecule has 0 amide bonds. The summed E-state index contributed by atoms with van der Waals surface area (Å²) < 4.78 is 10.6. The topological polar surface area (TPSA) is 56.5 Å². The average molecular weight is 236 g/mol. The lowest BCUT2D eigenvalue weighted by Gasteiger charge is -2.19. The second-order valence-electron chi connectivity index (χ2n) is 4.46. The fraction of sp³-hybridized carbons (Fsp3) is 0.538. The van der Waals surface area contributed by atoms with Crippen LogP contribution in [0.5, 0.6) is 5.75 Å². The minimum Gasteiger partial charge on any atom is -0.497 e. The molecule has 2 atom stereocenters. The Labute approximate surface area is 102 Å². The van der Waals surface area contributed by atoms with Crippen LogP contribution in [0.15, 0.2) is 24.3 Å². The molecule has 4 nitrogen and oxygen atoms in total. The standard InChI is InChI=1S/C13H20N2O2/c1-16-12-4-2-3-11(8-12)13(15-14)7-10-5-6-17-9-10/h2-4,8,10,13,15H,5-7,9,14H2,1H3. The van der Waals surface area contributed by atoms with Crippen molar-refractivity contribution in [2.45, 2.75) is 18.9 Å². The number of hydrogen-bond donors (Lipinski definition) is 2. The van der Waals surface area contributed by atoms with Gasteiger partial charge in [0.05, 0.1) is 7.11 Å². The average Bonchev–Trinajstić information content (AvgIpc) is 2.89. The molecular weight excluding hydrogens is 216 g/mol. The number of hydrazine groups is 1. The fourth-order valence-corrected chi connectivity index (χ4v) is 2.26. The quantitative estimate of drug-likeness (QED) is 0.602. The molecule has 3 N–H and O–H groups in total. The van der Waals surface area contributed by atoms with Gasteiger partial charge in [0.25, 0.3) is 0 Å². The van der Waals surface area contributed by atoms with Crippen LogP contribution in [0.2, 0.25) is 0 Å². The van der Waals surface area contributed by atoms with Crippen molar-refractivity contribution >= 4 is 0 Å². The zero-order valence-electron chi connectivity index (χ0n) is 10.2. The van der Waals surface area contributed by atoms with Gasteiger partial charge >= 0.3 is 0 Å². The molecule has 2 unspecified atom stereocenters. The van der Waals surface area contributed by atoms with Crippen molar-refractivity contribution < 1.29 is 9.47 Å². The first kappa shape index (κ1) is 12.4. The zero-order chi connectivity index (χ0) is 12.1. The first-order valence-electron chi connectivity index (χ1n) is 6.01. The molecule has 94 valence electrons. The van der Waals surface area contributed by atoms with Gasteiger partial charge in [-0.2, -0.15) is 0 Å². The highest BCUT2D eigenvalue weighted by atomic mass is 16.5. The SMILES string of the molecule is COc1cccc(C(CC2CCOC2)NN)c1. The van der Waals surface area contributed by atoms with Crippen LogP contribution in [0, 0.1) is 5.92 Å². The first-order valence-corrected chi connectivity index (χ1v) is 6.01. The maximum Gasteiger partial charge on any atom is 0.119 e. The number of hydrogen-bond acceptors (Lipinski definition) is 4. The largest absolute Gasteiger partial charge is 0.497 e. The van der Waals surface area contributed by atoms with E-state index in [0.29, 0.717) is 5.92 Å². The monoisotopic (exact) mass is 236 g/mol. The van der Waals surface area contributed by atoms with Crippen molar-refractivity contribution in [1.29, 1.82) is 0 Å². The molecule has 0 radical (unpaired) electrons. The van der Waals surface area contributed by atoms with Crippen LogP contribution in [0.4, 0.5) is 0 Å². The molecule has 1 aromatic rings. The maximum absolute atomic E-state index is 5.64. The molecular formula is C13H20N2O2. The Hall–Kier alpha value is -1.10. The fourth-order valence-electron chi connectivity index (χ4n) is 2.26. The summed E-state index contributed by atoms with van der Waals surface area (Å²) >= 11 is 0. The van der Waals surface area contributed by atoms with Crippen LogP contribution in [0.25, 0.3) is 0 Å². The predicted molar refractivity (Wildman–Crippen MR) is 66.6 cm³/mol. The summed E-state index contributed by atoms with van der Waals surface area (Å²) in [5, 5.41) is 0. The molecule has 2 rings (SSSR count). The minimum absolute atomic E-state index is 0.164. The third kappa shape index (κ3) is 3.19. The Morgan fingerprint density at radius 3 is 3.12 bits per heavy atom. The van der Waals surface area contributed by atoms with Crippen molar-refractivity contribution in [3.8, 4) is 5.75 Å². The minimum atomic E-state index is 0.164. The van der Waals surface area contributed by atoms with E-state index in [-0.39, 0.29) is 6.04 Å². The lowest BCUT2D eigenvalue weighted by molar-refractivity contribution is 0.181. The number of nitrogens with two attached hydrogens (primary N) is 1. The van der Waals surface area contributed by atoms with Gasteiger partial charge in [0.15, 0.2) is 0 Å². The molecule has 0 aromatic heterocycles. The third-order valence-corrected chi connectivity index (χ3v) is 3.29. The summed E-state index contributed by atoms with van der Waals surface area (Å²) in [5.74, 6) is 7.11. The van der Waals surface area contributed by atoms with Gasteiger partial charge in [-0.05, 0) is 36.5 Å². The summed E-state index contributed by atoms with van der Waals surface area (Å²) in [5.41, 5.74) is 4.05. The predicted octanol–water partition coefficient (Wildman–Crippen LogP) is 1.63. The number of ether oxygens (including phenoxy) is 2. The van der Waals surface area contributed by atoms with E-state index in [1.165, 1.54) is 5.56 Å². The maximum atomic E-state index is 5.64. The summed E-state index contributed by atoms with van der Waals surface area (Å²) in [4.78, 5) is 0. The highest BCUT2D eigenvalue weighted by molar-refractivity contribution is 5.30. The van der Waals surface area contributed by atoms with Gasteiger partial charge in [0, 0.05) is 19.3 Å². The van der Waals surface area contributed by atoms with E-state index < -0.39 is 0 Å². The number of rotatable bonds is 5. The lowest BCUT2D eigenvalue weighted by atomic mass is 9.94. The van der Waals surface area contributed by atoms with Crippen LogP contribution >= 0.6 is 0 Å². The van der Waals surface area contributed by atoms with Crippen molar-refractivity contribution in [2.75, 3.05) is 20.3 Å². The number of nitrogens with one attached hydrogen (secondary N) is 1. The molecule has 0 aliphatic carbocycles. The highest BCUT2D eigenvalue weighted by Crippen LogP contribution is 2.27. The lowest BCUT2D eigenvalue weighted by Crippen LogP contribution is -2.29. The Balaban J connectivity index is 2.04. The van der Waals surface area contributed by atoms with E-state index >= 15 is 0 Å². The van der Waals surface area contributed by atoms with Crippen LogP contribution in [-0.4, -0.2) is 20.3 Å². The van der Waals surface area contributed by atoms with Gasteiger partial charge in [-0.15, -0.1) is 0 Å². The molecule has 17 heavy (non-hydrogen) atoms. The van der Waals surface area contributed by atoms with Crippen molar-refractivity contribution in [1.82, 2.24) is 5.43 Å². The number of benzene rings is 1. The zero-order valence-corrected chi connectivity index (χ0v) is 10.2. The summed E-state index contributed by atoms with van der Waals surface area (Å²) in [6, 6.07) is 8.19. The van der Waals surface area contributed by atoms with Crippen LogP contribution in [0.1, 0.15) is 24.4 Å². The summed E-state index contributed by atoms with van der Waals surface area (Å²) in [6.07, 6.45) is 2.13. The summed E-state index contributed by atoms with van der Waals surface area (Å²) in [7, 11) is 1.68. The third-order valence-electron chi connectivity index (χ3n) is 3.29. The molecule has 0 saturated carbocycles. The molecule has 1 fully saturated rings. The van der Waals surface area contributed by atoms with Gasteiger partial charge in [-0.3, -0.25) is 11.3 Å². The highest BCUT2D eigenvalue weighted by Gasteiger charge is 2.21. The van der Waals surface area contributed by atoms with E-state index in [4.69, 9.17) is 15.3 Å². The van der Waals surface area contributed by atoms with Gasteiger partial charge in [-0.25, -0.2) is 0 Å². The van der Waals surface area contributed by atoms with E-state index in [2.05, 4.69) is 11.5 Å². The Bertz CT molecular complexity index is 351. The Kier molecular flexibility index (Phi) is 4.36. The van der Waals surface area contributed by atoms with E-state index in [1.54, 1.807) is 7.11 Å². The van der Waals surface area contributed by atoms with Gasteiger partial charge in [-0.1, -0.05) is 12.1 Å². The molecule has 1 heterocycles. The second kappa shape index (κ2) is 6.00. The molecule has 0 spiro atoms. The van der Waals surface area contributed by atoms with Gasteiger partial charge < -0.3 is 9.47 Å².